The van der Waals surface area contributed by atoms with Crippen LogP contribution < -0.4 is 21.5 Å². The Morgan fingerprint density at radius 1 is 1.09 bits per heavy atom. The van der Waals surface area contributed by atoms with E-state index in [1.165, 1.54) is 12.1 Å². The minimum atomic E-state index is -0.793. The highest BCUT2D eigenvalue weighted by Gasteiger charge is 2.29. The number of phenolic OH excluding ortho intramolecular Hbond substituents is 1. The number of aromatic nitrogens is 1. The Labute approximate surface area is 192 Å². The molecular weight excluding hydrogens is 420 g/mol. The number of aromatic amines is 1. The van der Waals surface area contributed by atoms with Crippen LogP contribution in [-0.4, -0.2) is 53.3 Å². The van der Waals surface area contributed by atoms with Crippen LogP contribution in [0.3, 0.4) is 0 Å². The van der Waals surface area contributed by atoms with Crippen molar-refractivity contribution >= 4 is 16.8 Å². The number of carbonyl (C=O) groups is 1. The Morgan fingerprint density at radius 3 is 2.58 bits per heavy atom. The van der Waals surface area contributed by atoms with E-state index in [4.69, 9.17) is 0 Å². The fourth-order valence-electron chi connectivity index (χ4n) is 4.19. The molecule has 6 N–H and O–H groups in total. The van der Waals surface area contributed by atoms with Crippen LogP contribution in [0.25, 0.3) is 10.9 Å². The molecule has 0 aliphatic heterocycles. The van der Waals surface area contributed by atoms with Crippen LogP contribution >= 0.6 is 0 Å². The van der Waals surface area contributed by atoms with Crippen LogP contribution in [0.5, 0.6) is 5.75 Å². The molecule has 1 atom stereocenters. The number of aromatic hydroxyl groups is 1. The first-order chi connectivity index (χ1) is 15.9. The van der Waals surface area contributed by atoms with E-state index in [1.54, 1.807) is 12.1 Å². The van der Waals surface area contributed by atoms with Crippen LogP contribution in [0.4, 0.5) is 0 Å². The number of hydrogen-bond acceptors (Lipinski definition) is 6. The van der Waals surface area contributed by atoms with Gasteiger partial charge in [0.25, 0.3) is 5.91 Å². The highest BCUT2D eigenvalue weighted by molar-refractivity contribution is 5.94. The second-order valence-electron chi connectivity index (χ2n) is 8.58. The van der Waals surface area contributed by atoms with Crippen molar-refractivity contribution in [3.05, 3.63) is 75.6 Å². The van der Waals surface area contributed by atoms with Crippen molar-refractivity contribution in [1.29, 1.82) is 0 Å². The van der Waals surface area contributed by atoms with E-state index >= 15 is 0 Å². The number of pyridine rings is 1. The smallest absolute Gasteiger partial charge is 0.251 e. The van der Waals surface area contributed by atoms with E-state index in [2.05, 4.69) is 20.9 Å². The zero-order valence-electron chi connectivity index (χ0n) is 18.6. The highest BCUT2D eigenvalue weighted by Crippen LogP contribution is 2.28. The SMILES string of the molecule is CNC1CC(NC(=O)c2ccc(CCNC[C@H](O)c3ccc(O)c4[nH]c(=O)ccc34)cc2)C1. The third kappa shape index (κ3) is 5.42. The Hall–Kier alpha value is -3.20. The maximum atomic E-state index is 12.4. The molecule has 174 valence electrons. The lowest BCUT2D eigenvalue weighted by Gasteiger charge is -2.35. The van der Waals surface area contributed by atoms with Crippen LogP contribution in [0.1, 0.15) is 40.4 Å². The first kappa shape index (κ1) is 23.0. The molecule has 0 spiro atoms. The Kier molecular flexibility index (Phi) is 7.08. The Bertz CT molecular complexity index is 1170. The van der Waals surface area contributed by atoms with Gasteiger partial charge in [-0.15, -0.1) is 0 Å². The van der Waals surface area contributed by atoms with Crippen molar-refractivity contribution < 1.29 is 15.0 Å². The van der Waals surface area contributed by atoms with Gasteiger partial charge < -0.3 is 31.1 Å². The summed E-state index contributed by atoms with van der Waals surface area (Å²) in [6.07, 6.45) is 1.90. The molecule has 8 nitrogen and oxygen atoms in total. The molecule has 1 aliphatic rings. The molecule has 3 aromatic rings. The summed E-state index contributed by atoms with van der Waals surface area (Å²) in [5.74, 6) is -0.0663. The first-order valence-electron chi connectivity index (χ1n) is 11.3. The van der Waals surface area contributed by atoms with E-state index in [0.29, 0.717) is 41.2 Å². The zero-order chi connectivity index (χ0) is 23.4. The van der Waals surface area contributed by atoms with Crippen LogP contribution in [0.2, 0.25) is 0 Å². The highest BCUT2D eigenvalue weighted by atomic mass is 16.3. The largest absolute Gasteiger partial charge is 0.506 e. The van der Waals surface area contributed by atoms with Crippen molar-refractivity contribution in [3.8, 4) is 5.75 Å². The van der Waals surface area contributed by atoms with E-state index in [-0.39, 0.29) is 23.3 Å². The quantitative estimate of drug-likeness (QED) is 0.275. The minimum Gasteiger partial charge on any atom is -0.506 e. The van der Waals surface area contributed by atoms with E-state index in [9.17, 15) is 19.8 Å². The van der Waals surface area contributed by atoms with Crippen LogP contribution in [0.15, 0.2) is 53.3 Å². The topological polar surface area (TPSA) is 126 Å². The predicted octanol–water partition coefficient (Wildman–Crippen LogP) is 1.58. The molecule has 1 aromatic heterocycles. The number of amides is 1. The molecule has 0 unspecified atom stereocenters. The zero-order valence-corrected chi connectivity index (χ0v) is 18.6. The monoisotopic (exact) mass is 450 g/mol. The number of rotatable bonds is 9. The van der Waals surface area contributed by atoms with Gasteiger partial charge in [0.2, 0.25) is 5.56 Å². The predicted molar refractivity (Wildman–Crippen MR) is 128 cm³/mol. The van der Waals surface area contributed by atoms with Gasteiger partial charge in [-0.05, 0) is 68.2 Å². The molecule has 0 bridgehead atoms. The van der Waals surface area contributed by atoms with Crippen LogP contribution in [-0.2, 0) is 6.42 Å². The van der Waals surface area contributed by atoms with Crippen molar-refractivity contribution in [3.63, 3.8) is 0 Å². The summed E-state index contributed by atoms with van der Waals surface area (Å²) in [7, 11) is 1.94. The molecule has 1 saturated carbocycles. The first-order valence-corrected chi connectivity index (χ1v) is 11.3. The number of aliphatic hydroxyl groups excluding tert-OH is 1. The molecule has 1 heterocycles. The molecule has 1 amide bonds. The second kappa shape index (κ2) is 10.2. The fourth-order valence-corrected chi connectivity index (χ4v) is 4.19. The summed E-state index contributed by atoms with van der Waals surface area (Å²) in [5.41, 5.74) is 2.40. The molecule has 0 saturated heterocycles. The normalized spacial score (nSPS) is 18.6. The van der Waals surface area contributed by atoms with Crippen LogP contribution in [0, 0.1) is 0 Å². The summed E-state index contributed by atoms with van der Waals surface area (Å²) < 4.78 is 0. The molecule has 4 rings (SSSR count). The standard InChI is InChI=1S/C25H30N4O4/c1-26-17-12-18(13-17)28-25(33)16-4-2-15(3-5-16)10-11-27-14-22(31)19-6-8-21(30)24-20(19)7-9-23(32)29-24/h2-9,17-18,22,26-27,30-31H,10-14H2,1H3,(H,28,33)(H,29,32)/t17?,18?,22-/m0/s1. The summed E-state index contributed by atoms with van der Waals surface area (Å²) in [6, 6.07) is 14.5. The van der Waals surface area contributed by atoms with Crippen molar-refractivity contribution in [2.75, 3.05) is 20.1 Å². The molecule has 1 aliphatic carbocycles. The minimum absolute atomic E-state index is 0.0291. The third-order valence-electron chi connectivity index (χ3n) is 6.29. The fraction of sp³-hybridized carbons (Fsp3) is 0.360. The van der Waals surface area contributed by atoms with Crippen molar-refractivity contribution in [2.24, 2.45) is 0 Å². The number of benzene rings is 2. The number of hydrogen-bond donors (Lipinski definition) is 6. The third-order valence-corrected chi connectivity index (χ3v) is 6.29. The van der Waals surface area contributed by atoms with Crippen molar-refractivity contribution in [1.82, 2.24) is 20.9 Å². The maximum Gasteiger partial charge on any atom is 0.251 e. The van der Waals surface area contributed by atoms with E-state index in [1.807, 2.05) is 31.3 Å². The molecule has 8 heteroatoms. The van der Waals surface area contributed by atoms with E-state index in [0.717, 1.165) is 24.8 Å². The number of phenols is 1. The molecule has 0 radical (unpaired) electrons. The number of carbonyl (C=O) groups excluding carboxylic acids is 1. The van der Waals surface area contributed by atoms with Gasteiger partial charge in [-0.3, -0.25) is 9.59 Å². The average Bonchev–Trinajstić information content (AvgIpc) is 2.79. The Morgan fingerprint density at radius 2 is 1.85 bits per heavy atom. The summed E-state index contributed by atoms with van der Waals surface area (Å²) in [5, 5.41) is 30.7. The van der Waals surface area contributed by atoms with Crippen molar-refractivity contribution in [2.45, 2.75) is 37.5 Å². The number of aliphatic hydroxyl groups is 1. The second-order valence-corrected chi connectivity index (χ2v) is 8.58. The Balaban J connectivity index is 1.25. The lowest BCUT2D eigenvalue weighted by Crippen LogP contribution is -2.51. The maximum absolute atomic E-state index is 12.4. The molecular formula is C25H30N4O4. The summed E-state index contributed by atoms with van der Waals surface area (Å²) in [4.78, 5) is 26.5. The number of fused-ring (bicyclic) bond motifs is 1. The summed E-state index contributed by atoms with van der Waals surface area (Å²) in [6.45, 7) is 0.984. The van der Waals surface area contributed by atoms with Gasteiger partial charge in [0, 0.05) is 35.6 Å². The van der Waals surface area contributed by atoms with Gasteiger partial charge >= 0.3 is 0 Å². The molecule has 2 aromatic carbocycles. The van der Waals surface area contributed by atoms with Gasteiger partial charge in [-0.1, -0.05) is 18.2 Å². The number of H-pyrrole nitrogens is 1. The van der Waals surface area contributed by atoms with Gasteiger partial charge in [0.05, 0.1) is 11.6 Å². The molecule has 1 fully saturated rings. The number of nitrogens with one attached hydrogen (secondary N) is 4. The van der Waals surface area contributed by atoms with Gasteiger partial charge in [-0.2, -0.15) is 0 Å². The van der Waals surface area contributed by atoms with Gasteiger partial charge in [0.15, 0.2) is 0 Å². The van der Waals surface area contributed by atoms with Gasteiger partial charge in [-0.25, -0.2) is 0 Å². The summed E-state index contributed by atoms with van der Waals surface area (Å²) >= 11 is 0. The average molecular weight is 451 g/mol. The lowest BCUT2D eigenvalue weighted by molar-refractivity contribution is 0.0904. The lowest BCUT2D eigenvalue weighted by atomic mass is 9.87. The van der Waals surface area contributed by atoms with E-state index < -0.39 is 6.10 Å². The van der Waals surface area contributed by atoms with Gasteiger partial charge in [0.1, 0.15) is 5.75 Å². The molecule has 33 heavy (non-hydrogen) atoms.